The third-order valence-corrected chi connectivity index (χ3v) is 3.31. The summed E-state index contributed by atoms with van der Waals surface area (Å²) in [5, 5.41) is 25.1. The number of carboxylic acid groups (broad SMARTS) is 1. The van der Waals surface area contributed by atoms with Gasteiger partial charge >= 0.3 is 5.97 Å². The largest absolute Gasteiger partial charge is 0.480 e. The lowest BCUT2D eigenvalue weighted by Crippen LogP contribution is -2.38. The molecule has 1 amide bonds. The molecule has 23 heavy (non-hydrogen) atoms. The Kier molecular flexibility index (Phi) is 7.14. The van der Waals surface area contributed by atoms with Gasteiger partial charge in [0.15, 0.2) is 0 Å². The molecular formula is C15H21N3O5. The first kappa shape index (κ1) is 18.6. The van der Waals surface area contributed by atoms with E-state index in [0.29, 0.717) is 17.7 Å². The number of non-ortho nitro benzene ring substituents is 1. The quantitative estimate of drug-likeness (QED) is 0.472. The number of aryl methyl sites for hydroxylation is 1. The smallest absolute Gasteiger partial charge is 0.320 e. The Morgan fingerprint density at radius 2 is 2.09 bits per heavy atom. The van der Waals surface area contributed by atoms with Crippen molar-refractivity contribution in [2.24, 2.45) is 0 Å². The van der Waals surface area contributed by atoms with Gasteiger partial charge in [0.05, 0.1) is 4.92 Å². The lowest BCUT2D eigenvalue weighted by molar-refractivity contribution is -0.384. The van der Waals surface area contributed by atoms with Crippen LogP contribution < -0.4 is 10.6 Å². The standard InChI is InChI=1S/C15H21N3O5/c1-3-4-13(15(20)21)16-8-7-14(19)17-12-6-5-11(18(22)23)9-10(12)2/h5-6,9,13,16H,3-4,7-8H2,1-2H3,(H,17,19)(H,20,21). The van der Waals surface area contributed by atoms with E-state index in [1.165, 1.54) is 18.2 Å². The van der Waals surface area contributed by atoms with Gasteiger partial charge in [-0.1, -0.05) is 13.3 Å². The van der Waals surface area contributed by atoms with Crippen LogP contribution in [0, 0.1) is 17.0 Å². The monoisotopic (exact) mass is 323 g/mol. The highest BCUT2D eigenvalue weighted by Gasteiger charge is 2.16. The Bertz CT molecular complexity index is 588. The molecule has 0 saturated carbocycles. The van der Waals surface area contributed by atoms with Gasteiger partial charge in [0.25, 0.3) is 5.69 Å². The molecule has 0 fully saturated rings. The zero-order chi connectivity index (χ0) is 17.4. The molecular weight excluding hydrogens is 302 g/mol. The van der Waals surface area contributed by atoms with E-state index < -0.39 is 16.9 Å². The summed E-state index contributed by atoms with van der Waals surface area (Å²) in [6.45, 7) is 3.80. The molecule has 8 heteroatoms. The van der Waals surface area contributed by atoms with Gasteiger partial charge in [0.2, 0.25) is 5.91 Å². The Balaban J connectivity index is 2.51. The van der Waals surface area contributed by atoms with Crippen LogP contribution in [0.15, 0.2) is 18.2 Å². The van der Waals surface area contributed by atoms with Crippen molar-refractivity contribution in [2.75, 3.05) is 11.9 Å². The molecule has 0 aliphatic carbocycles. The van der Waals surface area contributed by atoms with Crippen molar-refractivity contribution >= 4 is 23.3 Å². The molecule has 1 aromatic carbocycles. The van der Waals surface area contributed by atoms with Gasteiger partial charge in [0, 0.05) is 30.8 Å². The molecule has 1 unspecified atom stereocenters. The van der Waals surface area contributed by atoms with E-state index in [4.69, 9.17) is 5.11 Å². The van der Waals surface area contributed by atoms with Crippen molar-refractivity contribution in [1.29, 1.82) is 0 Å². The average molecular weight is 323 g/mol. The number of carbonyl (C=O) groups excluding carboxylic acids is 1. The third kappa shape index (κ3) is 6.03. The van der Waals surface area contributed by atoms with Crippen LogP contribution in [0.3, 0.4) is 0 Å². The van der Waals surface area contributed by atoms with Crippen molar-refractivity contribution in [2.45, 2.75) is 39.2 Å². The van der Waals surface area contributed by atoms with Crippen molar-refractivity contribution < 1.29 is 19.6 Å². The number of carbonyl (C=O) groups is 2. The second-order valence-electron chi connectivity index (χ2n) is 5.19. The molecule has 0 aliphatic heterocycles. The van der Waals surface area contributed by atoms with Crippen molar-refractivity contribution in [1.82, 2.24) is 5.32 Å². The van der Waals surface area contributed by atoms with E-state index in [-0.39, 0.29) is 24.6 Å². The topological polar surface area (TPSA) is 122 Å². The van der Waals surface area contributed by atoms with Crippen LogP contribution in [0.2, 0.25) is 0 Å². The Morgan fingerprint density at radius 3 is 2.61 bits per heavy atom. The predicted molar refractivity (Wildman–Crippen MR) is 85.4 cm³/mol. The highest BCUT2D eigenvalue weighted by atomic mass is 16.6. The number of nitrogens with zero attached hydrogens (tertiary/aromatic N) is 1. The fraction of sp³-hybridized carbons (Fsp3) is 0.467. The molecule has 126 valence electrons. The zero-order valence-electron chi connectivity index (χ0n) is 13.2. The normalized spacial score (nSPS) is 11.7. The maximum absolute atomic E-state index is 11.9. The summed E-state index contributed by atoms with van der Waals surface area (Å²) in [4.78, 5) is 33.0. The van der Waals surface area contributed by atoms with E-state index in [1.807, 2.05) is 6.92 Å². The van der Waals surface area contributed by atoms with Gasteiger partial charge in [-0.25, -0.2) is 0 Å². The predicted octanol–water partition coefficient (Wildman–Crippen LogP) is 2.07. The van der Waals surface area contributed by atoms with Crippen molar-refractivity contribution in [3.05, 3.63) is 33.9 Å². The first-order chi connectivity index (χ1) is 10.8. The number of amides is 1. The first-order valence-corrected chi connectivity index (χ1v) is 7.36. The molecule has 0 aromatic heterocycles. The molecule has 0 spiro atoms. The van der Waals surface area contributed by atoms with Crippen LogP contribution >= 0.6 is 0 Å². The fourth-order valence-corrected chi connectivity index (χ4v) is 2.08. The molecule has 1 atom stereocenters. The Hall–Kier alpha value is -2.48. The molecule has 0 bridgehead atoms. The number of anilines is 1. The number of hydrogen-bond donors (Lipinski definition) is 3. The van der Waals surface area contributed by atoms with Crippen LogP contribution in [0.5, 0.6) is 0 Å². The van der Waals surface area contributed by atoms with Gasteiger partial charge < -0.3 is 15.7 Å². The SMILES string of the molecule is CCCC(NCCC(=O)Nc1ccc([N+](=O)[O-])cc1C)C(=O)O. The van der Waals surface area contributed by atoms with Gasteiger partial charge in [-0.15, -0.1) is 0 Å². The summed E-state index contributed by atoms with van der Waals surface area (Å²) in [5.41, 5.74) is 1.06. The number of nitro benzene ring substituents is 1. The lowest BCUT2D eigenvalue weighted by Gasteiger charge is -2.13. The van der Waals surface area contributed by atoms with Gasteiger partial charge in [-0.2, -0.15) is 0 Å². The summed E-state index contributed by atoms with van der Waals surface area (Å²) >= 11 is 0. The number of aliphatic carboxylic acids is 1. The zero-order valence-corrected chi connectivity index (χ0v) is 13.2. The van der Waals surface area contributed by atoms with Gasteiger partial charge in [-0.3, -0.25) is 19.7 Å². The highest BCUT2D eigenvalue weighted by Crippen LogP contribution is 2.21. The van der Waals surface area contributed by atoms with Crippen LogP contribution in [-0.2, 0) is 9.59 Å². The molecule has 0 aliphatic rings. The summed E-state index contributed by atoms with van der Waals surface area (Å²) in [5.74, 6) is -1.21. The summed E-state index contributed by atoms with van der Waals surface area (Å²) < 4.78 is 0. The van der Waals surface area contributed by atoms with Crippen LogP contribution in [0.1, 0.15) is 31.7 Å². The third-order valence-electron chi connectivity index (χ3n) is 3.31. The highest BCUT2D eigenvalue weighted by molar-refractivity contribution is 5.91. The van der Waals surface area contributed by atoms with E-state index in [9.17, 15) is 19.7 Å². The van der Waals surface area contributed by atoms with E-state index >= 15 is 0 Å². The Morgan fingerprint density at radius 1 is 1.39 bits per heavy atom. The van der Waals surface area contributed by atoms with Crippen LogP contribution in [0.25, 0.3) is 0 Å². The second-order valence-corrected chi connectivity index (χ2v) is 5.19. The number of nitrogens with one attached hydrogen (secondary N) is 2. The Labute approximate surface area is 134 Å². The number of nitro groups is 1. The average Bonchev–Trinajstić information content (AvgIpc) is 2.48. The molecule has 3 N–H and O–H groups in total. The maximum atomic E-state index is 11.9. The second kappa shape index (κ2) is 8.84. The number of benzene rings is 1. The van der Waals surface area contributed by atoms with Gasteiger partial charge in [-0.05, 0) is 25.0 Å². The van der Waals surface area contributed by atoms with E-state index in [1.54, 1.807) is 6.92 Å². The number of hydrogen-bond acceptors (Lipinski definition) is 5. The van der Waals surface area contributed by atoms with Crippen molar-refractivity contribution in [3.63, 3.8) is 0 Å². The molecule has 1 rings (SSSR count). The van der Waals surface area contributed by atoms with E-state index in [2.05, 4.69) is 10.6 Å². The minimum atomic E-state index is -0.932. The molecule has 0 heterocycles. The molecule has 8 nitrogen and oxygen atoms in total. The van der Waals surface area contributed by atoms with Gasteiger partial charge in [0.1, 0.15) is 6.04 Å². The summed E-state index contributed by atoms with van der Waals surface area (Å²) in [6, 6.07) is 3.53. The summed E-state index contributed by atoms with van der Waals surface area (Å²) in [6.07, 6.45) is 1.35. The van der Waals surface area contributed by atoms with Crippen LogP contribution in [0.4, 0.5) is 11.4 Å². The van der Waals surface area contributed by atoms with E-state index in [0.717, 1.165) is 6.42 Å². The number of rotatable bonds is 9. The molecule has 0 saturated heterocycles. The number of carboxylic acids is 1. The summed E-state index contributed by atoms with van der Waals surface area (Å²) in [7, 11) is 0. The molecule has 0 radical (unpaired) electrons. The minimum absolute atomic E-state index is 0.0361. The minimum Gasteiger partial charge on any atom is -0.480 e. The lowest BCUT2D eigenvalue weighted by atomic mass is 10.1. The van der Waals surface area contributed by atoms with Crippen LogP contribution in [-0.4, -0.2) is 34.5 Å². The fourth-order valence-electron chi connectivity index (χ4n) is 2.08. The maximum Gasteiger partial charge on any atom is 0.320 e. The molecule has 1 aromatic rings. The van der Waals surface area contributed by atoms with Crippen molar-refractivity contribution in [3.8, 4) is 0 Å². The first-order valence-electron chi connectivity index (χ1n) is 7.36.